The van der Waals surface area contributed by atoms with Gasteiger partial charge in [0.15, 0.2) is 7.14 Å². The Balaban J connectivity index is 1.52. The molecule has 9 rings (SSSR count). The van der Waals surface area contributed by atoms with Crippen LogP contribution in [0.15, 0.2) is 158 Å². The number of rotatable bonds is 8. The van der Waals surface area contributed by atoms with Crippen molar-refractivity contribution >= 4 is 54.6 Å². The van der Waals surface area contributed by atoms with Gasteiger partial charge in [-0.3, -0.25) is 0 Å². The Kier molecular flexibility index (Phi) is 7.88. The van der Waals surface area contributed by atoms with Crippen LogP contribution in [0.2, 0.25) is 0 Å². The van der Waals surface area contributed by atoms with Gasteiger partial charge in [-0.05, 0) is 75.5 Å². The molecule has 0 radical (unpaired) electrons. The molecule has 3 heteroatoms. The average Bonchev–Trinajstić information content (AvgIpc) is 3.69. The Morgan fingerprint density at radius 2 is 1.12 bits per heavy atom. The van der Waals surface area contributed by atoms with E-state index in [4.69, 9.17) is 0 Å². The summed E-state index contributed by atoms with van der Waals surface area (Å²) in [6.07, 6.45) is 4.14. The fraction of sp³-hybridized carbons (Fsp3) is 0.106. The minimum Gasteiger partial charge on any atom is -0.309 e. The van der Waals surface area contributed by atoms with Crippen LogP contribution in [0.5, 0.6) is 0 Å². The first-order valence-corrected chi connectivity index (χ1v) is 20.2. The highest BCUT2D eigenvalue weighted by atomic mass is 32.1. The summed E-state index contributed by atoms with van der Waals surface area (Å²) in [7, 11) is -3.27. The van der Waals surface area contributed by atoms with Crippen LogP contribution in [-0.4, -0.2) is 0 Å². The Morgan fingerprint density at radius 3 is 1.86 bits per heavy atom. The summed E-state index contributed by atoms with van der Waals surface area (Å²) in [6, 6.07) is 56.3. The number of unbranched alkanes of at least 4 members (excludes halogenated alkanes) is 2. The third kappa shape index (κ3) is 4.85. The lowest BCUT2D eigenvalue weighted by molar-refractivity contribution is 0.592. The first kappa shape index (κ1) is 31.0. The van der Waals surface area contributed by atoms with Crippen LogP contribution in [0.4, 0.5) is 0 Å². The normalized spacial score (nSPS) is 15.0. The molecule has 0 saturated heterocycles. The van der Waals surface area contributed by atoms with E-state index in [9.17, 15) is 0 Å². The smallest absolute Gasteiger partial charge is 0.172 e. The third-order valence-corrected chi connectivity index (χ3v) is 14.7. The van der Waals surface area contributed by atoms with E-state index in [1.807, 2.05) is 29.5 Å². The van der Waals surface area contributed by atoms with Gasteiger partial charge in [0.1, 0.15) is 0 Å². The molecule has 1 nitrogen and oxygen atoms in total. The SMILES string of the molecule is CCCCCc1c(-c2ccccc2)c(-c2ccccc2)c(-c2ccc3sc4ccccc4c3c2)c2c1P(=O)(c1ccccc1)c1ccccc1-2. The predicted molar refractivity (Wildman–Crippen MR) is 217 cm³/mol. The second kappa shape index (κ2) is 12.7. The van der Waals surface area contributed by atoms with E-state index in [-0.39, 0.29) is 0 Å². The maximum absolute atomic E-state index is 16.5. The number of fused-ring (bicyclic) bond motifs is 6. The summed E-state index contributed by atoms with van der Waals surface area (Å²) in [5.41, 5.74) is 10.6. The van der Waals surface area contributed by atoms with Gasteiger partial charge in [-0.1, -0.05) is 159 Å². The Labute approximate surface area is 298 Å². The highest BCUT2D eigenvalue weighted by Crippen LogP contribution is 2.59. The minimum atomic E-state index is -3.27. The molecule has 0 N–H and O–H groups in total. The zero-order chi connectivity index (χ0) is 33.7. The molecule has 1 aromatic heterocycles. The molecule has 1 unspecified atom stereocenters. The van der Waals surface area contributed by atoms with Gasteiger partial charge in [-0.2, -0.15) is 0 Å². The molecule has 1 atom stereocenters. The lowest BCUT2D eigenvalue weighted by Crippen LogP contribution is -2.24. The van der Waals surface area contributed by atoms with Gasteiger partial charge in [0.25, 0.3) is 0 Å². The highest BCUT2D eigenvalue weighted by molar-refractivity contribution is 7.86. The van der Waals surface area contributed by atoms with Gasteiger partial charge in [-0.15, -0.1) is 11.3 Å². The Morgan fingerprint density at radius 1 is 0.520 bits per heavy atom. The van der Waals surface area contributed by atoms with Crippen LogP contribution in [0.25, 0.3) is 64.7 Å². The Bertz CT molecular complexity index is 2570. The van der Waals surface area contributed by atoms with Crippen LogP contribution in [0.3, 0.4) is 0 Å². The van der Waals surface area contributed by atoms with E-state index in [0.717, 1.165) is 58.3 Å². The molecule has 0 spiro atoms. The summed E-state index contributed by atoms with van der Waals surface area (Å²) in [6.45, 7) is 2.26. The van der Waals surface area contributed by atoms with Crippen LogP contribution in [-0.2, 0) is 11.0 Å². The second-order valence-electron chi connectivity index (χ2n) is 13.3. The molecule has 7 aromatic carbocycles. The highest BCUT2D eigenvalue weighted by Gasteiger charge is 2.45. The monoisotopic (exact) mass is 680 g/mol. The van der Waals surface area contributed by atoms with E-state index < -0.39 is 7.14 Å². The van der Waals surface area contributed by atoms with Gasteiger partial charge < -0.3 is 4.57 Å². The van der Waals surface area contributed by atoms with Crippen LogP contribution < -0.4 is 15.9 Å². The van der Waals surface area contributed by atoms with Crippen molar-refractivity contribution in [1.29, 1.82) is 0 Å². The zero-order valence-corrected chi connectivity index (χ0v) is 29.8. The molecular formula is C47H37OPS. The van der Waals surface area contributed by atoms with Crippen LogP contribution in [0.1, 0.15) is 31.7 Å². The van der Waals surface area contributed by atoms with Gasteiger partial charge in [0.05, 0.1) is 0 Å². The van der Waals surface area contributed by atoms with Crippen molar-refractivity contribution in [3.63, 3.8) is 0 Å². The second-order valence-corrected chi connectivity index (χ2v) is 17.0. The summed E-state index contributed by atoms with van der Waals surface area (Å²) in [4.78, 5) is 0. The Hall–Kier alpha value is -5.01. The van der Waals surface area contributed by atoms with Crippen molar-refractivity contribution in [2.45, 2.75) is 32.6 Å². The predicted octanol–water partition coefficient (Wildman–Crippen LogP) is 12.4. The van der Waals surface area contributed by atoms with E-state index >= 15 is 4.57 Å². The van der Waals surface area contributed by atoms with Crippen LogP contribution in [0, 0.1) is 0 Å². The summed E-state index contributed by atoms with van der Waals surface area (Å²) >= 11 is 1.85. The molecule has 2 heterocycles. The third-order valence-electron chi connectivity index (χ3n) is 10.3. The standard InChI is InChI=1S/C47H37OPS/c1-2-3-7-26-38-43(32-18-8-4-9-19-32)44(33-20-10-5-11-21-33)45(34-29-30-42-39(31-34)36-24-15-17-28-41(36)50-42)46-37-25-14-16-27-40(37)49(48,47(38)46)35-22-12-6-13-23-35/h4-6,8-25,27-31H,2-3,7,26H2,1H3. The zero-order valence-electron chi connectivity index (χ0n) is 28.1. The van der Waals surface area contributed by atoms with Gasteiger partial charge >= 0.3 is 0 Å². The van der Waals surface area contributed by atoms with Gasteiger partial charge in [-0.25, -0.2) is 0 Å². The number of hydrogen-bond donors (Lipinski definition) is 0. The molecular weight excluding hydrogens is 644 g/mol. The molecule has 0 fully saturated rings. The molecule has 0 bridgehead atoms. The summed E-state index contributed by atoms with van der Waals surface area (Å²) in [5, 5.41) is 5.43. The number of hydrogen-bond acceptors (Lipinski definition) is 2. The molecule has 1 aliphatic rings. The fourth-order valence-electron chi connectivity index (χ4n) is 8.17. The van der Waals surface area contributed by atoms with E-state index in [2.05, 4.69) is 146 Å². The van der Waals surface area contributed by atoms with Crippen LogP contribution >= 0.6 is 18.5 Å². The van der Waals surface area contributed by atoms with E-state index in [1.54, 1.807) is 0 Å². The summed E-state index contributed by atoms with van der Waals surface area (Å²) in [5.74, 6) is 0. The lowest BCUT2D eigenvalue weighted by Gasteiger charge is -2.27. The molecule has 0 saturated carbocycles. The number of benzene rings is 7. The quantitative estimate of drug-likeness (QED) is 0.115. The van der Waals surface area contributed by atoms with Gasteiger partial charge in [0.2, 0.25) is 0 Å². The summed E-state index contributed by atoms with van der Waals surface area (Å²) < 4.78 is 19.1. The van der Waals surface area contributed by atoms with Crippen molar-refractivity contribution < 1.29 is 4.57 Å². The topological polar surface area (TPSA) is 17.1 Å². The van der Waals surface area contributed by atoms with Crippen molar-refractivity contribution in [3.05, 3.63) is 163 Å². The fourth-order valence-corrected chi connectivity index (χ4v) is 12.6. The van der Waals surface area contributed by atoms with E-state index in [1.165, 1.54) is 53.6 Å². The molecule has 242 valence electrons. The first-order chi connectivity index (χ1) is 24.7. The maximum Gasteiger partial charge on any atom is 0.172 e. The van der Waals surface area contributed by atoms with Crippen molar-refractivity contribution in [2.24, 2.45) is 0 Å². The average molecular weight is 681 g/mol. The first-order valence-electron chi connectivity index (χ1n) is 17.7. The van der Waals surface area contributed by atoms with E-state index in [0.29, 0.717) is 0 Å². The molecule has 50 heavy (non-hydrogen) atoms. The lowest BCUT2D eigenvalue weighted by atomic mass is 9.79. The van der Waals surface area contributed by atoms with Crippen molar-refractivity contribution in [3.8, 4) is 44.5 Å². The molecule has 8 aromatic rings. The largest absolute Gasteiger partial charge is 0.309 e. The van der Waals surface area contributed by atoms with Crippen molar-refractivity contribution in [1.82, 2.24) is 0 Å². The van der Waals surface area contributed by atoms with Crippen molar-refractivity contribution in [2.75, 3.05) is 0 Å². The van der Waals surface area contributed by atoms with Gasteiger partial charge in [0, 0.05) is 41.6 Å². The molecule has 0 amide bonds. The molecule has 1 aliphatic heterocycles. The minimum absolute atomic E-state index is 0.861. The molecule has 0 aliphatic carbocycles. The number of thiophene rings is 1. The maximum atomic E-state index is 16.5.